The molecule has 2 nitrogen and oxygen atoms in total. The Morgan fingerprint density at radius 1 is 1.38 bits per heavy atom. The van der Waals surface area contributed by atoms with Crippen molar-refractivity contribution in [3.05, 3.63) is 47.9 Å². The minimum absolute atomic E-state index is 0.165. The maximum atomic E-state index is 12.3. The quantitative estimate of drug-likeness (QED) is 0.564. The third-order valence-corrected chi connectivity index (χ3v) is 1.50. The van der Waals surface area contributed by atoms with Gasteiger partial charge in [0.2, 0.25) is 0 Å². The molecule has 0 amide bonds. The molecular formula is C10H10FNO. The minimum atomic E-state index is -0.795. The van der Waals surface area contributed by atoms with E-state index < -0.39 is 5.83 Å². The van der Waals surface area contributed by atoms with Crippen molar-refractivity contribution in [3.8, 4) is 0 Å². The summed E-state index contributed by atoms with van der Waals surface area (Å²) in [6, 6.07) is 9.54. The second-order valence-electron chi connectivity index (χ2n) is 2.51. The molecule has 0 radical (unpaired) electrons. The molecule has 1 aromatic rings. The molecule has 0 aliphatic carbocycles. The number of halogens is 1. The standard InChI is InChI=1S/C10H10FNO/c11-10(8-13)7-12-6-9-4-2-1-3-5-9/h1-5,7-8,12H,6H2/b10-7-. The smallest absolute Gasteiger partial charge is 0.179 e. The van der Waals surface area contributed by atoms with Crippen molar-refractivity contribution in [1.82, 2.24) is 5.32 Å². The van der Waals surface area contributed by atoms with Crippen molar-refractivity contribution in [1.29, 1.82) is 0 Å². The monoisotopic (exact) mass is 179 g/mol. The molecule has 0 aromatic heterocycles. The first-order valence-corrected chi connectivity index (χ1v) is 3.91. The number of carbonyl (C=O) groups is 1. The van der Waals surface area contributed by atoms with Crippen molar-refractivity contribution >= 4 is 6.29 Å². The first-order chi connectivity index (χ1) is 6.33. The first kappa shape index (κ1) is 9.45. The van der Waals surface area contributed by atoms with E-state index in [0.717, 1.165) is 11.8 Å². The van der Waals surface area contributed by atoms with Crippen LogP contribution in [0.3, 0.4) is 0 Å². The Bertz CT molecular complexity index is 295. The van der Waals surface area contributed by atoms with Crippen LogP contribution in [0.15, 0.2) is 42.4 Å². The van der Waals surface area contributed by atoms with Gasteiger partial charge in [0, 0.05) is 12.7 Å². The largest absolute Gasteiger partial charge is 0.384 e. The summed E-state index contributed by atoms with van der Waals surface area (Å²) in [6.07, 6.45) is 1.22. The zero-order valence-corrected chi connectivity index (χ0v) is 7.03. The molecule has 0 spiro atoms. The van der Waals surface area contributed by atoms with Crippen LogP contribution in [0, 0.1) is 0 Å². The maximum Gasteiger partial charge on any atom is 0.179 e. The molecule has 13 heavy (non-hydrogen) atoms. The van der Waals surface area contributed by atoms with Crippen LogP contribution in [0.2, 0.25) is 0 Å². The highest BCUT2D eigenvalue weighted by Gasteiger charge is 1.90. The van der Waals surface area contributed by atoms with Crippen LogP contribution in [0.25, 0.3) is 0 Å². The van der Waals surface area contributed by atoms with Crippen LogP contribution < -0.4 is 5.32 Å². The topological polar surface area (TPSA) is 29.1 Å². The van der Waals surface area contributed by atoms with Gasteiger partial charge in [0.1, 0.15) is 0 Å². The van der Waals surface area contributed by atoms with E-state index in [1.807, 2.05) is 30.3 Å². The van der Waals surface area contributed by atoms with Crippen molar-refractivity contribution in [2.45, 2.75) is 6.54 Å². The van der Waals surface area contributed by atoms with Crippen molar-refractivity contribution in [2.24, 2.45) is 0 Å². The van der Waals surface area contributed by atoms with E-state index in [1.54, 1.807) is 0 Å². The predicted octanol–water partition coefficient (Wildman–Crippen LogP) is 1.79. The summed E-state index contributed by atoms with van der Waals surface area (Å²) in [6.45, 7) is 0.516. The highest BCUT2D eigenvalue weighted by Crippen LogP contribution is 1.97. The summed E-state index contributed by atoms with van der Waals surface area (Å²) in [5, 5.41) is 2.68. The summed E-state index contributed by atoms with van der Waals surface area (Å²) >= 11 is 0. The summed E-state index contributed by atoms with van der Waals surface area (Å²) in [7, 11) is 0. The molecule has 3 heteroatoms. The normalized spacial score (nSPS) is 11.0. The number of hydrogen-bond donors (Lipinski definition) is 1. The fourth-order valence-corrected chi connectivity index (χ4v) is 0.896. The molecule has 1 aromatic carbocycles. The van der Waals surface area contributed by atoms with Crippen molar-refractivity contribution < 1.29 is 9.18 Å². The Kier molecular flexibility index (Phi) is 3.70. The lowest BCUT2D eigenvalue weighted by Crippen LogP contribution is -2.05. The SMILES string of the molecule is O=C/C(F)=C/NCc1ccccc1. The summed E-state index contributed by atoms with van der Waals surface area (Å²) < 4.78 is 12.3. The third kappa shape index (κ3) is 3.51. The van der Waals surface area contributed by atoms with Gasteiger partial charge in [0.25, 0.3) is 0 Å². The lowest BCUT2D eigenvalue weighted by atomic mass is 10.2. The van der Waals surface area contributed by atoms with Gasteiger partial charge in [0.05, 0.1) is 0 Å². The van der Waals surface area contributed by atoms with E-state index in [0.29, 0.717) is 6.54 Å². The summed E-state index contributed by atoms with van der Waals surface area (Å²) in [4.78, 5) is 9.86. The number of hydrogen-bond acceptors (Lipinski definition) is 2. The van der Waals surface area contributed by atoms with E-state index in [1.165, 1.54) is 0 Å². The van der Waals surface area contributed by atoms with Gasteiger partial charge in [-0.05, 0) is 5.56 Å². The first-order valence-electron chi connectivity index (χ1n) is 3.91. The maximum absolute atomic E-state index is 12.3. The van der Waals surface area contributed by atoms with Crippen molar-refractivity contribution in [2.75, 3.05) is 0 Å². The average molecular weight is 179 g/mol. The van der Waals surface area contributed by atoms with E-state index in [4.69, 9.17) is 0 Å². The number of aldehydes is 1. The third-order valence-electron chi connectivity index (χ3n) is 1.50. The van der Waals surface area contributed by atoms with Gasteiger partial charge in [-0.1, -0.05) is 30.3 Å². The molecule has 0 saturated carbocycles. The van der Waals surface area contributed by atoms with Crippen LogP contribution in [0.4, 0.5) is 4.39 Å². The molecule has 0 bridgehead atoms. The van der Waals surface area contributed by atoms with E-state index in [-0.39, 0.29) is 6.29 Å². The van der Waals surface area contributed by atoms with Gasteiger partial charge in [-0.15, -0.1) is 0 Å². The van der Waals surface area contributed by atoms with Crippen LogP contribution in [-0.2, 0) is 11.3 Å². The molecule has 0 unspecified atom stereocenters. The molecule has 0 aliphatic rings. The Hall–Kier alpha value is -1.64. The van der Waals surface area contributed by atoms with Crippen molar-refractivity contribution in [3.63, 3.8) is 0 Å². The molecule has 0 saturated heterocycles. The summed E-state index contributed by atoms with van der Waals surface area (Å²) in [5.74, 6) is -0.795. The lowest BCUT2D eigenvalue weighted by Gasteiger charge is -1.99. The number of carbonyl (C=O) groups excluding carboxylic acids is 1. The van der Waals surface area contributed by atoms with Crippen LogP contribution in [0.1, 0.15) is 5.56 Å². The van der Waals surface area contributed by atoms with E-state index in [2.05, 4.69) is 5.32 Å². The highest BCUT2D eigenvalue weighted by molar-refractivity contribution is 5.69. The fourth-order valence-electron chi connectivity index (χ4n) is 0.896. The number of allylic oxidation sites excluding steroid dienone is 1. The number of benzene rings is 1. The Morgan fingerprint density at radius 3 is 2.69 bits per heavy atom. The highest BCUT2D eigenvalue weighted by atomic mass is 19.1. The van der Waals surface area contributed by atoms with Gasteiger partial charge in [0.15, 0.2) is 12.1 Å². The minimum Gasteiger partial charge on any atom is -0.384 e. The second kappa shape index (κ2) is 5.09. The molecule has 0 fully saturated rings. The molecule has 1 rings (SSSR count). The van der Waals surface area contributed by atoms with E-state index >= 15 is 0 Å². The van der Waals surface area contributed by atoms with Gasteiger partial charge in [-0.3, -0.25) is 4.79 Å². The molecule has 0 atom stereocenters. The summed E-state index contributed by atoms with van der Waals surface area (Å²) in [5.41, 5.74) is 1.04. The molecule has 0 heterocycles. The van der Waals surface area contributed by atoms with Gasteiger partial charge in [-0.25, -0.2) is 4.39 Å². The lowest BCUT2D eigenvalue weighted by molar-refractivity contribution is -0.106. The zero-order valence-electron chi connectivity index (χ0n) is 7.03. The molecule has 68 valence electrons. The Balaban J connectivity index is 2.40. The Morgan fingerprint density at radius 2 is 2.08 bits per heavy atom. The number of nitrogens with one attached hydrogen (secondary N) is 1. The number of rotatable bonds is 4. The second-order valence-corrected chi connectivity index (χ2v) is 2.51. The Labute approximate surface area is 76.1 Å². The molecular weight excluding hydrogens is 169 g/mol. The van der Waals surface area contributed by atoms with Gasteiger partial charge >= 0.3 is 0 Å². The molecule has 1 N–H and O–H groups in total. The fraction of sp³-hybridized carbons (Fsp3) is 0.100. The predicted molar refractivity (Wildman–Crippen MR) is 48.5 cm³/mol. The average Bonchev–Trinajstić information content (AvgIpc) is 2.19. The van der Waals surface area contributed by atoms with E-state index in [9.17, 15) is 9.18 Å². The zero-order chi connectivity index (χ0) is 9.52. The van der Waals surface area contributed by atoms with Crippen LogP contribution in [-0.4, -0.2) is 6.29 Å². The van der Waals surface area contributed by atoms with Gasteiger partial charge < -0.3 is 5.32 Å². The van der Waals surface area contributed by atoms with Crippen LogP contribution in [0.5, 0.6) is 0 Å². The molecule has 0 aliphatic heterocycles. The van der Waals surface area contributed by atoms with Gasteiger partial charge in [-0.2, -0.15) is 0 Å². The van der Waals surface area contributed by atoms with Crippen LogP contribution >= 0.6 is 0 Å².